The largest absolute Gasteiger partial charge is 0.350 e. The average Bonchev–Trinajstić information content (AvgIpc) is 2.18. The van der Waals surface area contributed by atoms with E-state index in [1.807, 2.05) is 0 Å². The smallest absolute Gasteiger partial charge is 0.251 e. The van der Waals surface area contributed by atoms with Crippen molar-refractivity contribution in [3.63, 3.8) is 0 Å². The molecule has 0 saturated carbocycles. The molecule has 1 aromatic rings. The highest BCUT2D eigenvalue weighted by atomic mass is 35.5. The van der Waals surface area contributed by atoms with Gasteiger partial charge in [0, 0.05) is 17.1 Å². The molecule has 5 heteroatoms. The molecule has 4 nitrogen and oxygen atoms in total. The van der Waals surface area contributed by atoms with Gasteiger partial charge in [0.2, 0.25) is 0 Å². The Morgan fingerprint density at radius 2 is 2.36 bits per heavy atom. The molecule has 14 heavy (non-hydrogen) atoms. The Balaban J connectivity index is 2.52. The van der Waals surface area contributed by atoms with Crippen molar-refractivity contribution in [2.45, 2.75) is 0 Å². The molecule has 76 valence electrons. The highest BCUT2D eigenvalue weighted by molar-refractivity contribution is 6.30. The van der Waals surface area contributed by atoms with Gasteiger partial charge >= 0.3 is 0 Å². The van der Waals surface area contributed by atoms with Crippen LogP contribution in [0, 0.1) is 0 Å². The fourth-order valence-electron chi connectivity index (χ4n) is 0.955. The number of amides is 1. The number of carbonyl (C=O) groups excluding carboxylic acids is 1. The minimum atomic E-state index is -0.190. The van der Waals surface area contributed by atoms with E-state index in [0.717, 1.165) is 0 Å². The van der Waals surface area contributed by atoms with E-state index in [9.17, 15) is 4.79 Å². The van der Waals surface area contributed by atoms with Gasteiger partial charge < -0.3 is 10.2 Å². The summed E-state index contributed by atoms with van der Waals surface area (Å²) in [6.45, 7) is 0.661. The van der Waals surface area contributed by atoms with Crippen LogP contribution in [-0.4, -0.2) is 19.1 Å². The first-order chi connectivity index (χ1) is 6.74. The maximum absolute atomic E-state index is 11.4. The summed E-state index contributed by atoms with van der Waals surface area (Å²) >= 11 is 5.73. The number of rotatable bonds is 4. The van der Waals surface area contributed by atoms with E-state index in [2.05, 4.69) is 10.2 Å². The molecular weight excluding hydrogens is 204 g/mol. The molecular formula is C9H11ClN2O2. The lowest BCUT2D eigenvalue weighted by Crippen LogP contribution is -2.27. The Morgan fingerprint density at radius 3 is 3.00 bits per heavy atom. The van der Waals surface area contributed by atoms with Gasteiger partial charge in [-0.15, -0.1) is 0 Å². The summed E-state index contributed by atoms with van der Waals surface area (Å²) in [6.07, 6.45) is 0. The molecule has 0 unspecified atom stereocenters. The SMILES string of the molecule is NOCCNC(=O)c1cccc(Cl)c1. The quantitative estimate of drug-likeness (QED) is 0.580. The van der Waals surface area contributed by atoms with Crippen molar-refractivity contribution in [3.05, 3.63) is 34.9 Å². The summed E-state index contributed by atoms with van der Waals surface area (Å²) in [5.41, 5.74) is 0.523. The standard InChI is InChI=1S/C9H11ClN2O2/c10-8-3-1-2-7(6-8)9(13)12-4-5-14-11/h1-3,6H,4-5,11H2,(H,12,13). The van der Waals surface area contributed by atoms with Crippen LogP contribution in [0.4, 0.5) is 0 Å². The van der Waals surface area contributed by atoms with Crippen molar-refractivity contribution in [2.75, 3.05) is 13.2 Å². The molecule has 0 aliphatic carbocycles. The number of benzene rings is 1. The molecule has 0 aliphatic rings. The molecule has 0 spiro atoms. The molecule has 1 rings (SSSR count). The fraction of sp³-hybridized carbons (Fsp3) is 0.222. The van der Waals surface area contributed by atoms with Crippen molar-refractivity contribution in [2.24, 2.45) is 5.90 Å². The summed E-state index contributed by atoms with van der Waals surface area (Å²) in [4.78, 5) is 15.7. The van der Waals surface area contributed by atoms with E-state index >= 15 is 0 Å². The topological polar surface area (TPSA) is 64.3 Å². The maximum atomic E-state index is 11.4. The zero-order valence-electron chi connectivity index (χ0n) is 7.50. The molecule has 0 saturated heterocycles. The zero-order chi connectivity index (χ0) is 10.4. The third-order valence-corrected chi connectivity index (χ3v) is 1.83. The Labute approximate surface area is 86.9 Å². The number of halogens is 1. The van der Waals surface area contributed by atoms with Gasteiger partial charge in [0.1, 0.15) is 0 Å². The number of hydrogen-bond acceptors (Lipinski definition) is 3. The lowest BCUT2D eigenvalue weighted by atomic mass is 10.2. The highest BCUT2D eigenvalue weighted by Crippen LogP contribution is 2.10. The lowest BCUT2D eigenvalue weighted by molar-refractivity contribution is 0.0917. The molecule has 0 atom stereocenters. The molecule has 3 N–H and O–H groups in total. The first-order valence-electron chi connectivity index (χ1n) is 4.09. The van der Waals surface area contributed by atoms with Crippen molar-refractivity contribution >= 4 is 17.5 Å². The molecule has 0 fully saturated rings. The van der Waals surface area contributed by atoms with Crippen LogP contribution in [0.25, 0.3) is 0 Å². The van der Waals surface area contributed by atoms with E-state index in [4.69, 9.17) is 17.5 Å². The second-order valence-electron chi connectivity index (χ2n) is 2.64. The van der Waals surface area contributed by atoms with Crippen LogP contribution in [0.15, 0.2) is 24.3 Å². The monoisotopic (exact) mass is 214 g/mol. The minimum absolute atomic E-state index is 0.190. The van der Waals surface area contributed by atoms with E-state index < -0.39 is 0 Å². The van der Waals surface area contributed by atoms with Crippen molar-refractivity contribution in [1.29, 1.82) is 0 Å². The molecule has 0 aliphatic heterocycles. The first kappa shape index (κ1) is 11.0. The molecule has 1 aromatic carbocycles. The Hall–Kier alpha value is -1.10. The van der Waals surface area contributed by atoms with Crippen LogP contribution < -0.4 is 11.2 Å². The van der Waals surface area contributed by atoms with E-state index in [1.165, 1.54) is 0 Å². The highest BCUT2D eigenvalue weighted by Gasteiger charge is 2.03. The van der Waals surface area contributed by atoms with Gasteiger partial charge in [0.05, 0.1) is 6.61 Å². The predicted octanol–water partition coefficient (Wildman–Crippen LogP) is 0.960. The average molecular weight is 215 g/mol. The van der Waals surface area contributed by atoms with Gasteiger partial charge in [-0.05, 0) is 18.2 Å². The minimum Gasteiger partial charge on any atom is -0.350 e. The van der Waals surface area contributed by atoms with Gasteiger partial charge in [0.25, 0.3) is 5.91 Å². The van der Waals surface area contributed by atoms with Crippen LogP contribution in [0.3, 0.4) is 0 Å². The van der Waals surface area contributed by atoms with Gasteiger partial charge in [-0.25, -0.2) is 5.90 Å². The van der Waals surface area contributed by atoms with Gasteiger partial charge in [0.15, 0.2) is 0 Å². The third kappa shape index (κ3) is 3.33. The number of hydrogen-bond donors (Lipinski definition) is 2. The maximum Gasteiger partial charge on any atom is 0.251 e. The number of nitrogens with two attached hydrogens (primary N) is 1. The van der Waals surface area contributed by atoms with Crippen LogP contribution in [-0.2, 0) is 4.84 Å². The Bertz CT molecular complexity index is 317. The Kier molecular flexibility index (Phi) is 4.39. The number of carbonyl (C=O) groups is 1. The first-order valence-corrected chi connectivity index (χ1v) is 4.47. The summed E-state index contributed by atoms with van der Waals surface area (Å²) in [5.74, 6) is 4.61. The fourth-order valence-corrected chi connectivity index (χ4v) is 1.15. The van der Waals surface area contributed by atoms with Gasteiger partial charge in [-0.1, -0.05) is 17.7 Å². The molecule has 0 aromatic heterocycles. The van der Waals surface area contributed by atoms with Gasteiger partial charge in [-0.2, -0.15) is 0 Å². The van der Waals surface area contributed by atoms with Crippen molar-refractivity contribution in [1.82, 2.24) is 5.32 Å². The van der Waals surface area contributed by atoms with Crippen LogP contribution in [0.1, 0.15) is 10.4 Å². The second-order valence-corrected chi connectivity index (χ2v) is 3.07. The van der Waals surface area contributed by atoms with Crippen LogP contribution in [0.5, 0.6) is 0 Å². The predicted molar refractivity (Wildman–Crippen MR) is 53.9 cm³/mol. The summed E-state index contributed by atoms with van der Waals surface area (Å²) < 4.78 is 0. The Morgan fingerprint density at radius 1 is 1.57 bits per heavy atom. The molecule has 0 bridgehead atoms. The zero-order valence-corrected chi connectivity index (χ0v) is 8.25. The van der Waals surface area contributed by atoms with Crippen LogP contribution in [0.2, 0.25) is 5.02 Å². The molecule has 0 radical (unpaired) electrons. The van der Waals surface area contributed by atoms with Crippen molar-refractivity contribution < 1.29 is 9.63 Å². The van der Waals surface area contributed by atoms with E-state index in [1.54, 1.807) is 24.3 Å². The summed E-state index contributed by atoms with van der Waals surface area (Å²) in [5, 5.41) is 3.16. The lowest BCUT2D eigenvalue weighted by Gasteiger charge is -2.03. The second kappa shape index (κ2) is 5.59. The summed E-state index contributed by atoms with van der Waals surface area (Å²) in [7, 11) is 0. The normalized spacial score (nSPS) is 9.86. The number of nitrogens with one attached hydrogen (secondary N) is 1. The van der Waals surface area contributed by atoms with Crippen molar-refractivity contribution in [3.8, 4) is 0 Å². The van der Waals surface area contributed by atoms with Crippen LogP contribution >= 0.6 is 11.6 Å². The summed E-state index contributed by atoms with van der Waals surface area (Å²) in [6, 6.07) is 6.71. The molecule has 0 heterocycles. The van der Waals surface area contributed by atoms with Gasteiger partial charge in [-0.3, -0.25) is 4.79 Å². The van der Waals surface area contributed by atoms with E-state index in [0.29, 0.717) is 17.1 Å². The molecule has 1 amide bonds. The third-order valence-electron chi connectivity index (χ3n) is 1.59. The van der Waals surface area contributed by atoms with E-state index in [-0.39, 0.29) is 12.5 Å².